The topological polar surface area (TPSA) is 65.6 Å². The molecule has 0 spiro atoms. The summed E-state index contributed by atoms with van der Waals surface area (Å²) in [6.45, 7) is 24.0. The van der Waals surface area contributed by atoms with Crippen molar-refractivity contribution in [2.75, 3.05) is 26.3 Å². The van der Waals surface area contributed by atoms with Crippen molar-refractivity contribution in [2.24, 2.45) is 0 Å². The Bertz CT molecular complexity index is 747. The van der Waals surface area contributed by atoms with Crippen molar-refractivity contribution in [2.45, 2.75) is 117 Å². The van der Waals surface area contributed by atoms with Gasteiger partial charge in [-0.3, -0.25) is 19.3 Å². The van der Waals surface area contributed by atoms with Crippen LogP contribution in [0.3, 0.4) is 0 Å². The van der Waals surface area contributed by atoms with Crippen LogP contribution in [0.1, 0.15) is 94.4 Å². The van der Waals surface area contributed by atoms with E-state index in [1.165, 1.54) is 0 Å². The van der Waals surface area contributed by atoms with E-state index in [9.17, 15) is 9.59 Å². The van der Waals surface area contributed by atoms with Gasteiger partial charge in [0.1, 0.15) is 22.4 Å². The Hall–Kier alpha value is -1.48. The molecule has 2 fully saturated rings. The third-order valence-electron chi connectivity index (χ3n) is 7.13. The number of hydrogen-bond donors (Lipinski definition) is 0. The number of carbonyl (C=O) groups is 2. The molecule has 2 amide bonds. The fourth-order valence-electron chi connectivity index (χ4n) is 5.51. The van der Waals surface area contributed by atoms with Gasteiger partial charge >= 0.3 is 0 Å². The third kappa shape index (κ3) is 5.20. The molecule has 0 aliphatic carbocycles. The largest absolute Gasteiger partial charge is 0.321 e. The summed E-state index contributed by atoms with van der Waals surface area (Å²) < 4.78 is 0. The molecule has 0 radical (unpaired) electrons. The molecular formula is C26H48N4O4. The van der Waals surface area contributed by atoms with E-state index in [-0.39, 0.29) is 11.8 Å². The molecule has 2 aliphatic rings. The van der Waals surface area contributed by atoms with Crippen molar-refractivity contribution in [3.05, 3.63) is 12.7 Å². The highest BCUT2D eigenvalue weighted by atomic mass is 16.7. The van der Waals surface area contributed by atoms with Crippen LogP contribution in [0.5, 0.6) is 0 Å². The first-order valence-corrected chi connectivity index (χ1v) is 12.8. The molecule has 0 unspecified atom stereocenters. The number of unbranched alkanes of at least 4 members (excludes halogenated alkanes) is 3. The highest BCUT2D eigenvalue weighted by molar-refractivity contribution is 5.88. The fraction of sp³-hybridized carbons (Fsp3) is 0.846. The molecule has 34 heavy (non-hydrogen) atoms. The Morgan fingerprint density at radius 3 is 1.53 bits per heavy atom. The van der Waals surface area contributed by atoms with Crippen LogP contribution in [-0.2, 0) is 19.3 Å². The molecule has 196 valence electrons. The Morgan fingerprint density at radius 1 is 0.735 bits per heavy atom. The number of hydrogen-bond acceptors (Lipinski definition) is 6. The summed E-state index contributed by atoms with van der Waals surface area (Å²) in [6.07, 6.45) is 6.43. The second kappa shape index (κ2) is 10.6. The Labute approximate surface area is 207 Å². The Morgan fingerprint density at radius 2 is 1.15 bits per heavy atom. The first kappa shape index (κ1) is 28.8. The van der Waals surface area contributed by atoms with Crippen molar-refractivity contribution < 1.29 is 19.3 Å². The average Bonchev–Trinajstić information content (AvgIpc) is 2.94. The molecule has 2 rings (SSSR count). The maximum atomic E-state index is 13.1. The number of carbonyl (C=O) groups excluding carboxylic acids is 2. The molecule has 0 saturated carbocycles. The van der Waals surface area contributed by atoms with Gasteiger partial charge in [0.2, 0.25) is 11.8 Å². The lowest BCUT2D eigenvalue weighted by atomic mass is 10.1. The summed E-state index contributed by atoms with van der Waals surface area (Å²) in [7, 11) is 0. The van der Waals surface area contributed by atoms with Gasteiger partial charge in [0.15, 0.2) is 0 Å². The Kier molecular flexibility index (Phi) is 9.00. The predicted octanol–water partition coefficient (Wildman–Crippen LogP) is 4.32. The molecule has 2 heterocycles. The van der Waals surface area contributed by atoms with Crippen LogP contribution >= 0.6 is 0 Å². The van der Waals surface area contributed by atoms with Crippen LogP contribution in [0.25, 0.3) is 0 Å². The van der Waals surface area contributed by atoms with E-state index < -0.39 is 22.4 Å². The number of hydroxylamine groups is 4. The molecule has 0 aromatic rings. The van der Waals surface area contributed by atoms with Crippen molar-refractivity contribution in [3.63, 3.8) is 0 Å². The zero-order valence-electron chi connectivity index (χ0n) is 23.1. The third-order valence-corrected chi connectivity index (χ3v) is 7.13. The first-order valence-electron chi connectivity index (χ1n) is 12.8. The van der Waals surface area contributed by atoms with Crippen molar-refractivity contribution in [1.82, 2.24) is 19.9 Å². The summed E-state index contributed by atoms with van der Waals surface area (Å²) in [4.78, 5) is 41.9. The number of rotatable bonds is 13. The average molecular weight is 481 g/mol. The van der Waals surface area contributed by atoms with Gasteiger partial charge in [-0.05, 0) is 74.7 Å². The van der Waals surface area contributed by atoms with E-state index in [0.717, 1.165) is 32.1 Å². The van der Waals surface area contributed by atoms with E-state index in [2.05, 4.69) is 27.4 Å². The van der Waals surface area contributed by atoms with Crippen molar-refractivity contribution in [3.8, 4) is 0 Å². The maximum absolute atomic E-state index is 13.1. The molecule has 0 atom stereocenters. The number of amides is 2. The SMILES string of the molecule is C=CCON1C(C)(C)C(=O)N(CCCCCCN2C(=O)C(C)(C)N(OCCC)C2(C)C)C1(C)C. The maximum Gasteiger partial charge on any atom is 0.246 e. The lowest BCUT2D eigenvalue weighted by Gasteiger charge is -2.39. The van der Waals surface area contributed by atoms with Crippen LogP contribution in [0, 0.1) is 0 Å². The second-order valence-corrected chi connectivity index (χ2v) is 11.4. The van der Waals surface area contributed by atoms with Gasteiger partial charge in [0.25, 0.3) is 0 Å². The predicted molar refractivity (Wildman–Crippen MR) is 134 cm³/mol. The van der Waals surface area contributed by atoms with Gasteiger partial charge < -0.3 is 9.80 Å². The van der Waals surface area contributed by atoms with Crippen molar-refractivity contribution >= 4 is 11.8 Å². The minimum Gasteiger partial charge on any atom is -0.321 e. The molecule has 0 aromatic carbocycles. The normalized spacial score (nSPS) is 23.8. The standard InChI is InChI=1S/C26H48N4O4/c1-11-19-33-29-23(3,4)21(31)27(25(29,7)8)17-15-13-14-16-18-28-22(32)24(5,6)30(26(28,9)10)34-20-12-2/h11H,1,12-20H2,2-10H3. The Balaban J connectivity index is 1.87. The molecule has 0 N–H and O–H groups in total. The molecular weight excluding hydrogens is 432 g/mol. The number of nitrogens with zero attached hydrogens (tertiary/aromatic N) is 4. The summed E-state index contributed by atoms with van der Waals surface area (Å²) in [5.41, 5.74) is -2.40. The second-order valence-electron chi connectivity index (χ2n) is 11.4. The molecule has 8 heteroatoms. The van der Waals surface area contributed by atoms with Crippen molar-refractivity contribution in [1.29, 1.82) is 0 Å². The van der Waals surface area contributed by atoms with E-state index in [1.807, 2.05) is 56.4 Å². The van der Waals surface area contributed by atoms with Gasteiger partial charge in [0, 0.05) is 13.1 Å². The molecule has 2 aliphatic heterocycles. The fourth-order valence-corrected chi connectivity index (χ4v) is 5.51. The van der Waals surface area contributed by atoms with Gasteiger partial charge in [-0.25, -0.2) is 0 Å². The lowest BCUT2D eigenvalue weighted by Crippen LogP contribution is -2.52. The summed E-state index contributed by atoms with van der Waals surface area (Å²) >= 11 is 0. The zero-order valence-corrected chi connectivity index (χ0v) is 23.1. The van der Waals surface area contributed by atoms with E-state index in [1.54, 1.807) is 11.1 Å². The highest BCUT2D eigenvalue weighted by Gasteiger charge is 2.58. The first-order chi connectivity index (χ1) is 15.7. The summed E-state index contributed by atoms with van der Waals surface area (Å²) in [5, 5.41) is 3.67. The summed E-state index contributed by atoms with van der Waals surface area (Å²) in [6, 6.07) is 0. The minimum absolute atomic E-state index is 0.0837. The van der Waals surface area contributed by atoms with Crippen LogP contribution < -0.4 is 0 Å². The molecule has 8 nitrogen and oxygen atoms in total. The van der Waals surface area contributed by atoms with Gasteiger partial charge in [-0.1, -0.05) is 25.8 Å². The monoisotopic (exact) mass is 480 g/mol. The molecule has 2 saturated heterocycles. The van der Waals surface area contributed by atoms with Crippen LogP contribution in [0.4, 0.5) is 0 Å². The summed E-state index contributed by atoms with van der Waals surface area (Å²) in [5.74, 6) is 0.195. The van der Waals surface area contributed by atoms with E-state index in [4.69, 9.17) is 9.68 Å². The van der Waals surface area contributed by atoms with Crippen LogP contribution in [-0.4, -0.2) is 80.4 Å². The van der Waals surface area contributed by atoms with E-state index >= 15 is 0 Å². The highest BCUT2D eigenvalue weighted by Crippen LogP contribution is 2.40. The van der Waals surface area contributed by atoms with E-state index in [0.29, 0.717) is 26.3 Å². The van der Waals surface area contributed by atoms with Crippen LogP contribution in [0.2, 0.25) is 0 Å². The van der Waals surface area contributed by atoms with Gasteiger partial charge in [-0.2, -0.15) is 0 Å². The van der Waals surface area contributed by atoms with Gasteiger partial charge in [-0.15, -0.1) is 16.7 Å². The molecule has 0 aromatic heterocycles. The minimum atomic E-state index is -0.716. The smallest absolute Gasteiger partial charge is 0.246 e. The lowest BCUT2D eigenvalue weighted by molar-refractivity contribution is -0.253. The van der Waals surface area contributed by atoms with Gasteiger partial charge in [0.05, 0.1) is 13.2 Å². The molecule has 0 bridgehead atoms. The van der Waals surface area contributed by atoms with Crippen LogP contribution in [0.15, 0.2) is 12.7 Å². The quantitative estimate of drug-likeness (QED) is 0.289. The zero-order chi connectivity index (χ0) is 25.9.